The predicted octanol–water partition coefficient (Wildman–Crippen LogP) is 3.07. The fraction of sp³-hybridized carbons (Fsp3) is 0.750. The van der Waals surface area contributed by atoms with Gasteiger partial charge >= 0.3 is 5.97 Å². The molecule has 0 aromatic rings. The molecule has 2 heteroatoms. The summed E-state index contributed by atoms with van der Waals surface area (Å²) in [5.41, 5.74) is 0.876. The van der Waals surface area contributed by atoms with Gasteiger partial charge in [0.05, 0.1) is 0 Å². The number of carbonyl (C=O) groups excluding carboxylic acids is 1. The molecule has 14 heavy (non-hydrogen) atoms. The minimum atomic E-state index is -0.109. The van der Waals surface area contributed by atoms with Gasteiger partial charge in [-0.3, -0.25) is 0 Å². The Kier molecular flexibility index (Phi) is 4.18. The number of cyclic esters (lactones) is 1. The van der Waals surface area contributed by atoms with Crippen LogP contribution < -0.4 is 0 Å². The average Bonchev–Trinajstić information content (AvgIpc) is 2.39. The van der Waals surface area contributed by atoms with Crippen LogP contribution >= 0.6 is 0 Å². The zero-order chi connectivity index (χ0) is 10.6. The molecule has 1 rings (SSSR count). The van der Waals surface area contributed by atoms with Gasteiger partial charge in [-0.2, -0.15) is 0 Å². The Bertz CT molecular complexity index is 228. The van der Waals surface area contributed by atoms with Crippen molar-refractivity contribution in [2.45, 2.75) is 52.6 Å². The van der Waals surface area contributed by atoms with Crippen molar-refractivity contribution >= 4 is 5.97 Å². The van der Waals surface area contributed by atoms with E-state index in [4.69, 9.17) is 4.74 Å². The maximum absolute atomic E-state index is 11.2. The molecule has 80 valence electrons. The SMILES string of the molecule is CC(C)CCCCC1=C[C@@H](C)OC1=O. The summed E-state index contributed by atoms with van der Waals surface area (Å²) >= 11 is 0. The Morgan fingerprint density at radius 1 is 1.43 bits per heavy atom. The molecule has 0 aromatic heterocycles. The Labute approximate surface area is 86.3 Å². The van der Waals surface area contributed by atoms with Gasteiger partial charge in [-0.1, -0.05) is 26.7 Å². The van der Waals surface area contributed by atoms with E-state index in [0.717, 1.165) is 24.3 Å². The van der Waals surface area contributed by atoms with E-state index in [1.165, 1.54) is 12.8 Å². The Hall–Kier alpha value is -0.790. The number of ether oxygens (including phenoxy) is 1. The highest BCUT2D eigenvalue weighted by Gasteiger charge is 2.21. The number of hydrogen-bond donors (Lipinski definition) is 0. The standard InChI is InChI=1S/C12H20O2/c1-9(2)6-4-5-7-11-8-10(3)14-12(11)13/h8-10H,4-7H2,1-3H3/t10-/m1/s1. The van der Waals surface area contributed by atoms with Gasteiger partial charge in [-0.15, -0.1) is 0 Å². The highest BCUT2D eigenvalue weighted by Crippen LogP contribution is 2.19. The van der Waals surface area contributed by atoms with E-state index in [9.17, 15) is 4.79 Å². The van der Waals surface area contributed by atoms with E-state index in [1.54, 1.807) is 0 Å². The molecule has 0 saturated carbocycles. The van der Waals surface area contributed by atoms with Gasteiger partial charge in [0.25, 0.3) is 0 Å². The highest BCUT2D eigenvalue weighted by molar-refractivity contribution is 5.90. The van der Waals surface area contributed by atoms with Crippen molar-refractivity contribution in [2.75, 3.05) is 0 Å². The molecule has 0 aliphatic carbocycles. The second-order valence-corrected chi connectivity index (χ2v) is 4.44. The lowest BCUT2D eigenvalue weighted by molar-refractivity contribution is -0.139. The second kappa shape index (κ2) is 5.18. The first kappa shape index (κ1) is 11.3. The van der Waals surface area contributed by atoms with E-state index < -0.39 is 0 Å². The summed E-state index contributed by atoms with van der Waals surface area (Å²) in [6, 6.07) is 0. The lowest BCUT2D eigenvalue weighted by atomic mass is 10.0. The lowest BCUT2D eigenvalue weighted by Crippen LogP contribution is -2.03. The van der Waals surface area contributed by atoms with E-state index in [-0.39, 0.29) is 12.1 Å². The van der Waals surface area contributed by atoms with Crippen LogP contribution in [0.25, 0.3) is 0 Å². The van der Waals surface area contributed by atoms with Crippen molar-refractivity contribution in [1.82, 2.24) is 0 Å². The first-order valence-corrected chi connectivity index (χ1v) is 5.51. The number of carbonyl (C=O) groups is 1. The number of hydrogen-bond acceptors (Lipinski definition) is 2. The third-order valence-corrected chi connectivity index (χ3v) is 2.47. The number of esters is 1. The van der Waals surface area contributed by atoms with E-state index in [2.05, 4.69) is 13.8 Å². The summed E-state index contributed by atoms with van der Waals surface area (Å²) in [4.78, 5) is 11.2. The highest BCUT2D eigenvalue weighted by atomic mass is 16.5. The van der Waals surface area contributed by atoms with Crippen molar-refractivity contribution in [1.29, 1.82) is 0 Å². The van der Waals surface area contributed by atoms with E-state index in [1.807, 2.05) is 13.0 Å². The monoisotopic (exact) mass is 196 g/mol. The molecule has 2 nitrogen and oxygen atoms in total. The molecule has 1 aliphatic rings. The summed E-state index contributed by atoms with van der Waals surface area (Å²) < 4.78 is 5.02. The Balaban J connectivity index is 2.18. The quantitative estimate of drug-likeness (QED) is 0.499. The molecule has 0 fully saturated rings. The third kappa shape index (κ3) is 3.52. The molecule has 1 atom stereocenters. The van der Waals surface area contributed by atoms with Crippen molar-refractivity contribution in [3.05, 3.63) is 11.6 Å². The van der Waals surface area contributed by atoms with Gasteiger partial charge in [0.2, 0.25) is 0 Å². The molecule has 0 radical (unpaired) electrons. The Morgan fingerprint density at radius 3 is 2.64 bits per heavy atom. The van der Waals surface area contributed by atoms with Crippen LogP contribution in [-0.4, -0.2) is 12.1 Å². The number of rotatable bonds is 5. The molecule has 0 saturated heterocycles. The summed E-state index contributed by atoms with van der Waals surface area (Å²) in [5, 5.41) is 0. The largest absolute Gasteiger partial charge is 0.455 e. The van der Waals surface area contributed by atoms with E-state index in [0.29, 0.717) is 0 Å². The maximum atomic E-state index is 11.2. The van der Waals surface area contributed by atoms with Crippen LogP contribution in [0.5, 0.6) is 0 Å². The molecule has 0 unspecified atom stereocenters. The summed E-state index contributed by atoms with van der Waals surface area (Å²) in [6.45, 7) is 6.36. The molecule has 0 amide bonds. The minimum absolute atomic E-state index is 0.0115. The first-order chi connectivity index (χ1) is 6.59. The molecule has 0 N–H and O–H groups in total. The van der Waals surface area contributed by atoms with Gasteiger partial charge in [-0.05, 0) is 31.8 Å². The van der Waals surface area contributed by atoms with Crippen molar-refractivity contribution in [3.8, 4) is 0 Å². The molecule has 0 aromatic carbocycles. The van der Waals surface area contributed by atoms with Crippen LogP contribution in [0.3, 0.4) is 0 Å². The fourth-order valence-electron chi connectivity index (χ4n) is 1.68. The molecule has 0 bridgehead atoms. The van der Waals surface area contributed by atoms with E-state index >= 15 is 0 Å². The summed E-state index contributed by atoms with van der Waals surface area (Å²) in [6.07, 6.45) is 6.37. The molecular weight excluding hydrogens is 176 g/mol. The molecule has 0 spiro atoms. The smallest absolute Gasteiger partial charge is 0.334 e. The van der Waals surface area contributed by atoms with Crippen LogP contribution in [-0.2, 0) is 9.53 Å². The van der Waals surface area contributed by atoms with Crippen LogP contribution in [0.1, 0.15) is 46.5 Å². The van der Waals surface area contributed by atoms with Gasteiger partial charge in [0.15, 0.2) is 0 Å². The normalized spacial score (nSPS) is 21.3. The van der Waals surface area contributed by atoms with Gasteiger partial charge in [-0.25, -0.2) is 4.79 Å². The zero-order valence-electron chi connectivity index (χ0n) is 9.38. The molecule has 1 aliphatic heterocycles. The number of unbranched alkanes of at least 4 members (excludes halogenated alkanes) is 1. The second-order valence-electron chi connectivity index (χ2n) is 4.44. The predicted molar refractivity (Wildman–Crippen MR) is 56.9 cm³/mol. The van der Waals surface area contributed by atoms with Gasteiger partial charge in [0, 0.05) is 5.57 Å². The third-order valence-electron chi connectivity index (χ3n) is 2.47. The van der Waals surface area contributed by atoms with Crippen LogP contribution in [0, 0.1) is 5.92 Å². The summed E-state index contributed by atoms with van der Waals surface area (Å²) in [7, 11) is 0. The zero-order valence-corrected chi connectivity index (χ0v) is 9.38. The van der Waals surface area contributed by atoms with Crippen LogP contribution in [0.2, 0.25) is 0 Å². The van der Waals surface area contributed by atoms with Crippen molar-refractivity contribution in [2.24, 2.45) is 5.92 Å². The Morgan fingerprint density at radius 2 is 2.14 bits per heavy atom. The topological polar surface area (TPSA) is 26.3 Å². The molecular formula is C12H20O2. The van der Waals surface area contributed by atoms with Crippen LogP contribution in [0.4, 0.5) is 0 Å². The average molecular weight is 196 g/mol. The van der Waals surface area contributed by atoms with Crippen molar-refractivity contribution < 1.29 is 9.53 Å². The fourth-order valence-corrected chi connectivity index (χ4v) is 1.68. The maximum Gasteiger partial charge on any atom is 0.334 e. The molecule has 1 heterocycles. The summed E-state index contributed by atoms with van der Waals surface area (Å²) in [5.74, 6) is 0.653. The first-order valence-electron chi connectivity index (χ1n) is 5.51. The minimum Gasteiger partial charge on any atom is -0.455 e. The van der Waals surface area contributed by atoms with Crippen molar-refractivity contribution in [3.63, 3.8) is 0 Å². The van der Waals surface area contributed by atoms with Crippen LogP contribution in [0.15, 0.2) is 11.6 Å². The van der Waals surface area contributed by atoms with Gasteiger partial charge in [0.1, 0.15) is 6.10 Å². The van der Waals surface area contributed by atoms with Gasteiger partial charge < -0.3 is 4.74 Å². The lowest BCUT2D eigenvalue weighted by Gasteiger charge is -2.03.